The Hall–Kier alpha value is -2.21. The summed E-state index contributed by atoms with van der Waals surface area (Å²) in [6.45, 7) is -0.188. The van der Waals surface area contributed by atoms with Crippen molar-refractivity contribution >= 4 is 11.4 Å². The minimum absolute atomic E-state index is 0.0469. The molecule has 0 amide bonds. The van der Waals surface area contributed by atoms with Gasteiger partial charge in [0.2, 0.25) is 0 Å². The van der Waals surface area contributed by atoms with E-state index < -0.39 is 11.7 Å². The number of halogens is 3. The third kappa shape index (κ3) is 3.28. The summed E-state index contributed by atoms with van der Waals surface area (Å²) >= 11 is 0. The average Bonchev–Trinajstić information content (AvgIpc) is 2.45. The molecule has 0 atom stereocenters. The summed E-state index contributed by atoms with van der Waals surface area (Å²) in [5.74, 6) is 0.127. The fourth-order valence-electron chi connectivity index (χ4n) is 2.06. The highest BCUT2D eigenvalue weighted by atomic mass is 19.4. The van der Waals surface area contributed by atoms with Gasteiger partial charge in [0.15, 0.2) is 0 Å². The maximum atomic E-state index is 12.8. The van der Waals surface area contributed by atoms with Crippen molar-refractivity contribution in [2.75, 3.05) is 11.9 Å². The van der Waals surface area contributed by atoms with Gasteiger partial charge in [0.1, 0.15) is 5.75 Å². The topological polar surface area (TPSA) is 49.5 Å². The second-order valence-electron chi connectivity index (χ2n) is 4.62. The third-order valence-corrected chi connectivity index (χ3v) is 3.24. The van der Waals surface area contributed by atoms with Crippen molar-refractivity contribution in [2.45, 2.75) is 12.7 Å². The standard InChI is InChI=1S/C15H15F3N2O/c1-20(11-2-5-13(21)6-3-11)12-4-7-14(15(16,17)18)10(8-12)9-19/h2-8,21H,9,19H2,1H3. The summed E-state index contributed by atoms with van der Waals surface area (Å²) in [5.41, 5.74) is 6.09. The molecular weight excluding hydrogens is 281 g/mol. The molecule has 0 fully saturated rings. The predicted octanol–water partition coefficient (Wildman–Crippen LogP) is 3.64. The predicted molar refractivity (Wildman–Crippen MR) is 75.5 cm³/mol. The molecule has 2 aromatic carbocycles. The van der Waals surface area contributed by atoms with Crippen LogP contribution in [0.3, 0.4) is 0 Å². The second kappa shape index (κ2) is 5.65. The van der Waals surface area contributed by atoms with Crippen LogP contribution in [0.5, 0.6) is 5.75 Å². The number of nitrogens with two attached hydrogens (primary N) is 1. The zero-order valence-corrected chi connectivity index (χ0v) is 11.4. The van der Waals surface area contributed by atoms with Crippen LogP contribution in [0, 0.1) is 0 Å². The molecule has 0 saturated carbocycles. The van der Waals surface area contributed by atoms with Gasteiger partial charge in [-0.25, -0.2) is 0 Å². The number of hydrogen-bond acceptors (Lipinski definition) is 3. The van der Waals surface area contributed by atoms with Crippen LogP contribution in [0.4, 0.5) is 24.5 Å². The Balaban J connectivity index is 2.38. The van der Waals surface area contributed by atoms with Gasteiger partial charge in [0, 0.05) is 25.0 Å². The molecule has 0 aliphatic rings. The maximum Gasteiger partial charge on any atom is 0.416 e. The lowest BCUT2D eigenvalue weighted by atomic mass is 10.1. The molecule has 0 aliphatic carbocycles. The largest absolute Gasteiger partial charge is 0.508 e. The Labute approximate surface area is 120 Å². The van der Waals surface area contributed by atoms with E-state index in [1.54, 1.807) is 24.1 Å². The van der Waals surface area contributed by atoms with Gasteiger partial charge in [-0.05, 0) is 48.0 Å². The minimum Gasteiger partial charge on any atom is -0.508 e. The molecular formula is C15H15F3N2O. The van der Waals surface area contributed by atoms with Gasteiger partial charge < -0.3 is 15.7 Å². The molecule has 0 bridgehead atoms. The van der Waals surface area contributed by atoms with Crippen molar-refractivity contribution in [1.82, 2.24) is 0 Å². The molecule has 3 nitrogen and oxygen atoms in total. The number of phenols is 1. The highest BCUT2D eigenvalue weighted by Crippen LogP contribution is 2.35. The van der Waals surface area contributed by atoms with E-state index in [0.29, 0.717) is 5.69 Å². The average molecular weight is 296 g/mol. The maximum absolute atomic E-state index is 12.8. The smallest absolute Gasteiger partial charge is 0.416 e. The third-order valence-electron chi connectivity index (χ3n) is 3.24. The van der Waals surface area contributed by atoms with Gasteiger partial charge in [-0.1, -0.05) is 0 Å². The first-order chi connectivity index (χ1) is 9.82. The Morgan fingerprint density at radius 1 is 1.05 bits per heavy atom. The quantitative estimate of drug-likeness (QED) is 0.909. The van der Waals surface area contributed by atoms with E-state index in [0.717, 1.165) is 11.8 Å². The summed E-state index contributed by atoms with van der Waals surface area (Å²) in [6, 6.07) is 10.2. The zero-order valence-electron chi connectivity index (χ0n) is 11.4. The lowest BCUT2D eigenvalue weighted by molar-refractivity contribution is -0.138. The normalized spacial score (nSPS) is 11.5. The Morgan fingerprint density at radius 3 is 2.14 bits per heavy atom. The molecule has 0 unspecified atom stereocenters. The lowest BCUT2D eigenvalue weighted by Gasteiger charge is -2.22. The first-order valence-electron chi connectivity index (χ1n) is 6.26. The fraction of sp³-hybridized carbons (Fsp3) is 0.200. The Morgan fingerprint density at radius 2 is 1.62 bits per heavy atom. The molecule has 0 aliphatic heterocycles. The Kier molecular flexibility index (Phi) is 4.09. The number of anilines is 2. The van der Waals surface area contributed by atoms with Crippen LogP contribution in [-0.4, -0.2) is 12.2 Å². The highest BCUT2D eigenvalue weighted by molar-refractivity contribution is 5.64. The molecule has 3 N–H and O–H groups in total. The first-order valence-corrected chi connectivity index (χ1v) is 6.26. The molecule has 6 heteroatoms. The number of phenolic OH excluding ortho intramolecular Hbond substituents is 1. The highest BCUT2D eigenvalue weighted by Gasteiger charge is 2.33. The van der Waals surface area contributed by atoms with Crippen molar-refractivity contribution in [3.63, 3.8) is 0 Å². The first kappa shape index (κ1) is 15.2. The Bertz CT molecular complexity index is 624. The van der Waals surface area contributed by atoms with Crippen LogP contribution >= 0.6 is 0 Å². The molecule has 0 saturated heterocycles. The van der Waals surface area contributed by atoms with Crippen molar-refractivity contribution < 1.29 is 18.3 Å². The van der Waals surface area contributed by atoms with E-state index in [1.165, 1.54) is 24.3 Å². The number of alkyl halides is 3. The lowest BCUT2D eigenvalue weighted by Crippen LogP contribution is -2.15. The molecule has 0 spiro atoms. The van der Waals surface area contributed by atoms with E-state index in [-0.39, 0.29) is 17.9 Å². The number of aromatic hydroxyl groups is 1. The summed E-state index contributed by atoms with van der Waals surface area (Å²) in [6.07, 6.45) is -4.41. The van der Waals surface area contributed by atoms with Gasteiger partial charge in [0.05, 0.1) is 5.56 Å². The summed E-state index contributed by atoms with van der Waals surface area (Å²) in [5, 5.41) is 9.26. The molecule has 112 valence electrons. The molecule has 21 heavy (non-hydrogen) atoms. The van der Waals surface area contributed by atoms with Gasteiger partial charge in [0.25, 0.3) is 0 Å². The molecule has 2 aromatic rings. The number of nitrogens with zero attached hydrogens (tertiary/aromatic N) is 1. The summed E-state index contributed by atoms with van der Waals surface area (Å²) in [4.78, 5) is 1.72. The van der Waals surface area contributed by atoms with E-state index >= 15 is 0 Å². The van der Waals surface area contributed by atoms with E-state index in [2.05, 4.69) is 0 Å². The number of benzene rings is 2. The van der Waals surface area contributed by atoms with E-state index in [4.69, 9.17) is 5.73 Å². The second-order valence-corrected chi connectivity index (χ2v) is 4.62. The van der Waals surface area contributed by atoms with Gasteiger partial charge in [-0.3, -0.25) is 0 Å². The van der Waals surface area contributed by atoms with E-state index in [1.807, 2.05) is 0 Å². The van der Waals surface area contributed by atoms with Crippen molar-refractivity contribution in [3.8, 4) is 5.75 Å². The van der Waals surface area contributed by atoms with Crippen LogP contribution in [0.25, 0.3) is 0 Å². The molecule has 0 radical (unpaired) electrons. The zero-order chi connectivity index (χ0) is 15.6. The van der Waals surface area contributed by atoms with Crippen LogP contribution in [-0.2, 0) is 12.7 Å². The monoisotopic (exact) mass is 296 g/mol. The van der Waals surface area contributed by atoms with Crippen LogP contribution < -0.4 is 10.6 Å². The van der Waals surface area contributed by atoms with Crippen molar-refractivity contribution in [3.05, 3.63) is 53.6 Å². The molecule has 2 rings (SSSR count). The molecule has 0 aromatic heterocycles. The molecule has 0 heterocycles. The number of rotatable bonds is 3. The fourth-order valence-corrected chi connectivity index (χ4v) is 2.06. The van der Waals surface area contributed by atoms with Gasteiger partial charge in [-0.2, -0.15) is 13.2 Å². The van der Waals surface area contributed by atoms with Crippen LogP contribution in [0.15, 0.2) is 42.5 Å². The van der Waals surface area contributed by atoms with Crippen molar-refractivity contribution in [2.24, 2.45) is 5.73 Å². The SMILES string of the molecule is CN(c1ccc(O)cc1)c1ccc(C(F)(F)F)c(CN)c1. The van der Waals surface area contributed by atoms with Crippen molar-refractivity contribution in [1.29, 1.82) is 0 Å². The summed E-state index contributed by atoms with van der Waals surface area (Å²) < 4.78 is 38.5. The van der Waals surface area contributed by atoms with Crippen LogP contribution in [0.1, 0.15) is 11.1 Å². The summed E-state index contributed by atoms with van der Waals surface area (Å²) in [7, 11) is 1.73. The van der Waals surface area contributed by atoms with Gasteiger partial charge in [-0.15, -0.1) is 0 Å². The van der Waals surface area contributed by atoms with E-state index in [9.17, 15) is 18.3 Å². The van der Waals surface area contributed by atoms with Crippen LogP contribution in [0.2, 0.25) is 0 Å². The minimum atomic E-state index is -4.41. The number of hydrogen-bond donors (Lipinski definition) is 2. The van der Waals surface area contributed by atoms with Gasteiger partial charge >= 0.3 is 6.18 Å².